The molecule has 0 spiro atoms. The average molecular weight is 155 g/mol. The summed E-state index contributed by atoms with van der Waals surface area (Å²) in [5, 5.41) is 0. The first-order valence-corrected chi connectivity index (χ1v) is 4.26. The van der Waals surface area contributed by atoms with Gasteiger partial charge in [0.25, 0.3) is 0 Å². The summed E-state index contributed by atoms with van der Waals surface area (Å²) in [7, 11) is 0. The van der Waals surface area contributed by atoms with E-state index in [1.807, 2.05) is 6.26 Å². The molecular weight excluding hydrogens is 138 g/mol. The van der Waals surface area contributed by atoms with Crippen molar-refractivity contribution in [2.24, 2.45) is 11.7 Å². The minimum atomic E-state index is 0.220. The number of ether oxygens (including phenoxy) is 1. The highest BCUT2D eigenvalue weighted by atomic mass is 16.5. The summed E-state index contributed by atoms with van der Waals surface area (Å²) in [5.74, 6) is 0.673. The van der Waals surface area contributed by atoms with Crippen molar-refractivity contribution in [3.8, 4) is 0 Å². The van der Waals surface area contributed by atoms with E-state index in [1.165, 1.54) is 5.57 Å². The van der Waals surface area contributed by atoms with Crippen LogP contribution in [0, 0.1) is 5.92 Å². The Bertz CT molecular complexity index is 152. The van der Waals surface area contributed by atoms with Gasteiger partial charge in [0, 0.05) is 12.5 Å². The van der Waals surface area contributed by atoms with Crippen molar-refractivity contribution in [3.63, 3.8) is 0 Å². The van der Waals surface area contributed by atoms with E-state index in [2.05, 4.69) is 13.8 Å². The first-order chi connectivity index (χ1) is 5.20. The molecule has 0 amide bonds. The fraction of sp³-hybridized carbons (Fsp3) is 0.778. The highest BCUT2D eigenvalue weighted by Gasteiger charge is 2.14. The van der Waals surface area contributed by atoms with E-state index >= 15 is 0 Å². The van der Waals surface area contributed by atoms with Gasteiger partial charge in [0.05, 0.1) is 12.9 Å². The summed E-state index contributed by atoms with van der Waals surface area (Å²) in [6.45, 7) is 5.20. The number of hydrogen-bond donors (Lipinski definition) is 1. The van der Waals surface area contributed by atoms with E-state index in [0.717, 1.165) is 19.4 Å². The van der Waals surface area contributed by atoms with Crippen molar-refractivity contribution in [2.75, 3.05) is 6.61 Å². The number of nitrogens with two attached hydrogens (primary N) is 1. The van der Waals surface area contributed by atoms with Gasteiger partial charge in [0.1, 0.15) is 0 Å². The smallest absolute Gasteiger partial charge is 0.0912 e. The molecule has 0 saturated carbocycles. The third-order valence-electron chi connectivity index (χ3n) is 1.94. The average Bonchev–Trinajstić information content (AvgIpc) is 2.35. The second kappa shape index (κ2) is 3.77. The third-order valence-corrected chi connectivity index (χ3v) is 1.94. The van der Waals surface area contributed by atoms with Crippen LogP contribution in [0.1, 0.15) is 26.7 Å². The van der Waals surface area contributed by atoms with Crippen LogP contribution >= 0.6 is 0 Å². The molecular formula is C9H17NO. The Hall–Kier alpha value is -0.500. The Labute approximate surface area is 68.4 Å². The van der Waals surface area contributed by atoms with Crippen LogP contribution in [-0.2, 0) is 4.74 Å². The molecule has 1 rings (SSSR count). The van der Waals surface area contributed by atoms with E-state index < -0.39 is 0 Å². The summed E-state index contributed by atoms with van der Waals surface area (Å²) in [5.41, 5.74) is 7.21. The van der Waals surface area contributed by atoms with Crippen molar-refractivity contribution in [1.82, 2.24) is 0 Å². The molecule has 0 bridgehead atoms. The largest absolute Gasteiger partial charge is 0.501 e. The molecule has 0 aromatic heterocycles. The van der Waals surface area contributed by atoms with Crippen LogP contribution in [0.4, 0.5) is 0 Å². The number of hydrogen-bond acceptors (Lipinski definition) is 2. The molecule has 0 radical (unpaired) electrons. The molecule has 0 fully saturated rings. The van der Waals surface area contributed by atoms with Gasteiger partial charge in [-0.3, -0.25) is 0 Å². The summed E-state index contributed by atoms with van der Waals surface area (Å²) in [4.78, 5) is 0. The van der Waals surface area contributed by atoms with Crippen molar-refractivity contribution in [1.29, 1.82) is 0 Å². The van der Waals surface area contributed by atoms with E-state index in [0.29, 0.717) is 5.92 Å². The molecule has 0 aromatic carbocycles. The maximum atomic E-state index is 5.93. The van der Waals surface area contributed by atoms with Crippen LogP contribution in [0.5, 0.6) is 0 Å². The van der Waals surface area contributed by atoms with Crippen LogP contribution in [0.15, 0.2) is 11.8 Å². The molecule has 64 valence electrons. The molecule has 0 aromatic rings. The van der Waals surface area contributed by atoms with Gasteiger partial charge in [-0.1, -0.05) is 13.8 Å². The maximum Gasteiger partial charge on any atom is 0.0912 e. The van der Waals surface area contributed by atoms with Gasteiger partial charge in [-0.25, -0.2) is 0 Å². The van der Waals surface area contributed by atoms with Crippen LogP contribution in [0.25, 0.3) is 0 Å². The van der Waals surface area contributed by atoms with E-state index in [9.17, 15) is 0 Å². The lowest BCUT2D eigenvalue weighted by molar-refractivity contribution is 0.281. The van der Waals surface area contributed by atoms with Crippen LogP contribution in [0.3, 0.4) is 0 Å². The normalized spacial score (nSPS) is 19.8. The summed E-state index contributed by atoms with van der Waals surface area (Å²) in [6.07, 6.45) is 3.91. The SMILES string of the molecule is CC(C)CC(N)C1=COCC1. The molecule has 11 heavy (non-hydrogen) atoms. The Morgan fingerprint density at radius 2 is 2.36 bits per heavy atom. The van der Waals surface area contributed by atoms with Crippen LogP contribution in [-0.4, -0.2) is 12.6 Å². The van der Waals surface area contributed by atoms with Crippen molar-refractivity contribution >= 4 is 0 Å². The lowest BCUT2D eigenvalue weighted by Crippen LogP contribution is -2.23. The quantitative estimate of drug-likeness (QED) is 0.672. The molecule has 2 N–H and O–H groups in total. The van der Waals surface area contributed by atoms with E-state index in [-0.39, 0.29) is 6.04 Å². The highest BCUT2D eigenvalue weighted by molar-refractivity contribution is 5.10. The van der Waals surface area contributed by atoms with Gasteiger partial charge in [-0.2, -0.15) is 0 Å². The van der Waals surface area contributed by atoms with Crippen molar-refractivity contribution in [2.45, 2.75) is 32.7 Å². The van der Waals surface area contributed by atoms with Gasteiger partial charge >= 0.3 is 0 Å². The zero-order valence-corrected chi connectivity index (χ0v) is 7.34. The zero-order chi connectivity index (χ0) is 8.27. The predicted octanol–water partition coefficient (Wildman–Crippen LogP) is 1.66. The third kappa shape index (κ3) is 2.54. The lowest BCUT2D eigenvalue weighted by Gasteiger charge is -2.13. The van der Waals surface area contributed by atoms with E-state index in [4.69, 9.17) is 10.5 Å². The van der Waals surface area contributed by atoms with Crippen molar-refractivity contribution in [3.05, 3.63) is 11.8 Å². The Balaban J connectivity index is 2.34. The molecule has 2 heteroatoms. The fourth-order valence-electron chi connectivity index (χ4n) is 1.33. The first kappa shape index (κ1) is 8.60. The summed E-state index contributed by atoms with van der Waals surface area (Å²) >= 11 is 0. The van der Waals surface area contributed by atoms with Gasteiger partial charge in [-0.15, -0.1) is 0 Å². The summed E-state index contributed by atoms with van der Waals surface area (Å²) in [6, 6.07) is 0.220. The summed E-state index contributed by atoms with van der Waals surface area (Å²) < 4.78 is 5.12. The van der Waals surface area contributed by atoms with Crippen molar-refractivity contribution < 1.29 is 4.74 Å². The number of rotatable bonds is 3. The van der Waals surface area contributed by atoms with Gasteiger partial charge in [0.2, 0.25) is 0 Å². The molecule has 0 aliphatic carbocycles. The molecule has 0 saturated heterocycles. The maximum absolute atomic E-state index is 5.93. The highest BCUT2D eigenvalue weighted by Crippen LogP contribution is 2.17. The molecule has 1 aliphatic rings. The topological polar surface area (TPSA) is 35.2 Å². The predicted molar refractivity (Wildman–Crippen MR) is 46.1 cm³/mol. The second-order valence-electron chi connectivity index (χ2n) is 3.55. The second-order valence-corrected chi connectivity index (χ2v) is 3.55. The zero-order valence-electron chi connectivity index (χ0n) is 7.34. The van der Waals surface area contributed by atoms with Gasteiger partial charge < -0.3 is 10.5 Å². The lowest BCUT2D eigenvalue weighted by atomic mass is 9.97. The molecule has 1 unspecified atom stereocenters. The minimum absolute atomic E-state index is 0.220. The Kier molecular flexibility index (Phi) is 2.94. The molecule has 1 heterocycles. The minimum Gasteiger partial charge on any atom is -0.501 e. The molecule has 1 aliphatic heterocycles. The standard InChI is InChI=1S/C9H17NO/c1-7(2)5-9(10)8-3-4-11-6-8/h6-7,9H,3-5,10H2,1-2H3. The van der Waals surface area contributed by atoms with Crippen LogP contribution < -0.4 is 5.73 Å². The monoisotopic (exact) mass is 155 g/mol. The van der Waals surface area contributed by atoms with Crippen LogP contribution in [0.2, 0.25) is 0 Å². The molecule has 2 nitrogen and oxygen atoms in total. The Morgan fingerprint density at radius 3 is 2.82 bits per heavy atom. The molecule has 1 atom stereocenters. The van der Waals surface area contributed by atoms with Gasteiger partial charge in [0.15, 0.2) is 0 Å². The Morgan fingerprint density at radius 1 is 1.64 bits per heavy atom. The fourth-order valence-corrected chi connectivity index (χ4v) is 1.33. The first-order valence-electron chi connectivity index (χ1n) is 4.26. The van der Waals surface area contributed by atoms with Gasteiger partial charge in [-0.05, 0) is 17.9 Å². The van der Waals surface area contributed by atoms with E-state index in [1.54, 1.807) is 0 Å².